The lowest BCUT2D eigenvalue weighted by molar-refractivity contribution is -0.0971. The topological polar surface area (TPSA) is 48.9 Å². The Morgan fingerprint density at radius 1 is 1.43 bits per heavy atom. The molecule has 0 spiro atoms. The van der Waals surface area contributed by atoms with Crippen molar-refractivity contribution in [1.82, 2.24) is 10.6 Å². The molecule has 130 valence electrons. The molecule has 2 aliphatic rings. The van der Waals surface area contributed by atoms with E-state index in [1.54, 1.807) is 0 Å². The third-order valence-electron chi connectivity index (χ3n) is 4.46. The Hall–Kier alpha value is -0.540. The first-order valence-electron chi connectivity index (χ1n) is 8.02. The summed E-state index contributed by atoms with van der Waals surface area (Å²) in [5.74, 6) is 0.919. The zero-order valence-electron chi connectivity index (χ0n) is 13.9. The fourth-order valence-electron chi connectivity index (χ4n) is 2.93. The first-order valence-corrected chi connectivity index (χ1v) is 8.90. The minimum atomic E-state index is 0. The minimum absolute atomic E-state index is 0. The maximum absolute atomic E-state index is 5.30. The van der Waals surface area contributed by atoms with Crippen LogP contribution in [0.5, 0.6) is 0 Å². The number of guanidine groups is 1. The van der Waals surface area contributed by atoms with Crippen molar-refractivity contribution in [2.45, 2.75) is 25.8 Å². The molecule has 3 rings (SSSR count). The van der Waals surface area contributed by atoms with E-state index in [1.807, 2.05) is 18.4 Å². The molecule has 5 nitrogen and oxygen atoms in total. The highest BCUT2D eigenvalue weighted by Gasteiger charge is 2.33. The molecule has 1 aromatic rings. The number of piperidine rings is 1. The van der Waals surface area contributed by atoms with Crippen LogP contribution in [0.15, 0.2) is 22.5 Å². The molecule has 0 atom stereocenters. The van der Waals surface area contributed by atoms with Crippen molar-refractivity contribution in [3.8, 4) is 0 Å². The first-order chi connectivity index (χ1) is 10.7. The van der Waals surface area contributed by atoms with E-state index in [4.69, 9.17) is 4.74 Å². The van der Waals surface area contributed by atoms with Gasteiger partial charge in [0.15, 0.2) is 5.96 Å². The van der Waals surface area contributed by atoms with E-state index in [-0.39, 0.29) is 29.4 Å². The number of rotatable bonds is 4. The fraction of sp³-hybridized carbons (Fsp3) is 0.688. The Morgan fingerprint density at radius 3 is 2.70 bits per heavy atom. The van der Waals surface area contributed by atoms with Crippen LogP contribution in [0, 0.1) is 5.41 Å². The van der Waals surface area contributed by atoms with Crippen molar-refractivity contribution in [2.75, 3.05) is 44.8 Å². The van der Waals surface area contributed by atoms with Gasteiger partial charge < -0.3 is 20.3 Å². The predicted molar refractivity (Wildman–Crippen MR) is 108 cm³/mol. The summed E-state index contributed by atoms with van der Waals surface area (Å²) in [6.45, 7) is 7.07. The zero-order chi connectivity index (χ0) is 15.4. The van der Waals surface area contributed by atoms with E-state index >= 15 is 0 Å². The van der Waals surface area contributed by atoms with Gasteiger partial charge in [0, 0.05) is 38.1 Å². The van der Waals surface area contributed by atoms with Crippen LogP contribution in [-0.4, -0.2) is 51.9 Å². The second kappa shape index (κ2) is 8.53. The highest BCUT2D eigenvalue weighted by atomic mass is 127. The van der Waals surface area contributed by atoms with Crippen LogP contribution in [-0.2, 0) is 4.74 Å². The first kappa shape index (κ1) is 18.8. The molecule has 0 aliphatic carbocycles. The second-order valence-corrected chi connectivity index (χ2v) is 7.51. The number of nitrogens with zero attached hydrogens (tertiary/aromatic N) is 2. The van der Waals surface area contributed by atoms with Gasteiger partial charge in [0.05, 0.1) is 18.2 Å². The van der Waals surface area contributed by atoms with Crippen molar-refractivity contribution in [2.24, 2.45) is 10.4 Å². The Balaban J connectivity index is 0.00000192. The Morgan fingerprint density at radius 2 is 2.17 bits per heavy atom. The molecule has 2 fully saturated rings. The molecule has 1 aromatic heterocycles. The average Bonchev–Trinajstić information content (AvgIpc) is 3.04. The van der Waals surface area contributed by atoms with Gasteiger partial charge in [-0.1, -0.05) is 6.92 Å². The SMILES string of the molecule is CN=C(NCC1(C)COC1)NC1CCN(c2cccs2)CC1.I. The third-order valence-corrected chi connectivity index (χ3v) is 5.39. The van der Waals surface area contributed by atoms with Crippen LogP contribution < -0.4 is 15.5 Å². The van der Waals surface area contributed by atoms with Crippen molar-refractivity contribution < 1.29 is 4.74 Å². The smallest absolute Gasteiger partial charge is 0.191 e. The summed E-state index contributed by atoms with van der Waals surface area (Å²) in [6, 6.07) is 4.84. The molecular weight excluding hydrogens is 423 g/mol. The Labute approximate surface area is 159 Å². The molecule has 0 saturated carbocycles. The van der Waals surface area contributed by atoms with Crippen LogP contribution in [0.4, 0.5) is 5.00 Å². The normalized spacial score (nSPS) is 21.3. The lowest BCUT2D eigenvalue weighted by Crippen LogP contribution is -2.53. The molecule has 2 N–H and O–H groups in total. The lowest BCUT2D eigenvalue weighted by atomic mass is 9.89. The molecule has 2 saturated heterocycles. The second-order valence-electron chi connectivity index (χ2n) is 6.59. The summed E-state index contributed by atoms with van der Waals surface area (Å²) in [5.41, 5.74) is 0.264. The quantitative estimate of drug-likeness (QED) is 0.421. The molecule has 0 bridgehead atoms. The number of nitrogens with one attached hydrogen (secondary N) is 2. The summed E-state index contributed by atoms with van der Waals surface area (Å²) in [6.07, 6.45) is 2.30. The number of halogens is 1. The highest BCUT2D eigenvalue weighted by molar-refractivity contribution is 14.0. The zero-order valence-corrected chi connectivity index (χ0v) is 17.0. The molecular formula is C16H27IN4OS. The van der Waals surface area contributed by atoms with E-state index in [1.165, 1.54) is 5.00 Å². The van der Waals surface area contributed by atoms with Crippen LogP contribution in [0.3, 0.4) is 0 Å². The Bertz CT molecular complexity index is 496. The van der Waals surface area contributed by atoms with Gasteiger partial charge in [0.1, 0.15) is 0 Å². The molecule has 0 aromatic carbocycles. The van der Waals surface area contributed by atoms with Crippen LogP contribution >= 0.6 is 35.3 Å². The van der Waals surface area contributed by atoms with Gasteiger partial charge in [-0.25, -0.2) is 0 Å². The number of aliphatic imine (C=N–C) groups is 1. The van der Waals surface area contributed by atoms with E-state index in [9.17, 15) is 0 Å². The average molecular weight is 450 g/mol. The van der Waals surface area contributed by atoms with E-state index in [2.05, 4.69) is 45.0 Å². The Kier molecular flexibility index (Phi) is 6.97. The van der Waals surface area contributed by atoms with Gasteiger partial charge in [0.2, 0.25) is 0 Å². The summed E-state index contributed by atoms with van der Waals surface area (Å²) in [7, 11) is 1.84. The molecule has 3 heterocycles. The maximum Gasteiger partial charge on any atom is 0.191 e. The van der Waals surface area contributed by atoms with Crippen molar-refractivity contribution in [1.29, 1.82) is 0 Å². The van der Waals surface area contributed by atoms with E-state index in [0.717, 1.165) is 51.6 Å². The third kappa shape index (κ3) is 4.96. The number of hydrogen-bond donors (Lipinski definition) is 2. The fourth-order valence-corrected chi connectivity index (χ4v) is 3.72. The molecule has 0 radical (unpaired) electrons. The molecule has 7 heteroatoms. The van der Waals surface area contributed by atoms with Gasteiger partial charge in [-0.3, -0.25) is 4.99 Å². The van der Waals surface area contributed by atoms with Crippen molar-refractivity contribution >= 4 is 46.3 Å². The number of anilines is 1. The number of thiophene rings is 1. The maximum atomic E-state index is 5.30. The van der Waals surface area contributed by atoms with Gasteiger partial charge in [0.25, 0.3) is 0 Å². The largest absolute Gasteiger partial charge is 0.380 e. The summed E-state index contributed by atoms with van der Waals surface area (Å²) < 4.78 is 5.30. The predicted octanol–water partition coefficient (Wildman–Crippen LogP) is 2.54. The molecule has 2 aliphatic heterocycles. The van der Waals surface area contributed by atoms with Gasteiger partial charge in [-0.15, -0.1) is 35.3 Å². The van der Waals surface area contributed by atoms with Gasteiger partial charge in [-0.05, 0) is 30.4 Å². The lowest BCUT2D eigenvalue weighted by Gasteiger charge is -2.39. The van der Waals surface area contributed by atoms with Crippen molar-refractivity contribution in [3.63, 3.8) is 0 Å². The van der Waals surface area contributed by atoms with E-state index < -0.39 is 0 Å². The molecule has 23 heavy (non-hydrogen) atoms. The van der Waals surface area contributed by atoms with Crippen LogP contribution in [0.2, 0.25) is 0 Å². The monoisotopic (exact) mass is 450 g/mol. The van der Waals surface area contributed by atoms with Gasteiger partial charge in [-0.2, -0.15) is 0 Å². The number of ether oxygens (including phenoxy) is 1. The van der Waals surface area contributed by atoms with E-state index in [0.29, 0.717) is 6.04 Å². The molecule has 0 amide bonds. The van der Waals surface area contributed by atoms with Crippen LogP contribution in [0.1, 0.15) is 19.8 Å². The highest BCUT2D eigenvalue weighted by Crippen LogP contribution is 2.26. The molecule has 0 unspecified atom stereocenters. The standard InChI is InChI=1S/C16H26N4OS.HI/c1-16(11-21-12-16)10-18-15(17-2)19-13-5-7-20(8-6-13)14-4-3-9-22-14;/h3-4,9,13H,5-8,10-12H2,1-2H3,(H2,17,18,19);1H. The van der Waals surface area contributed by atoms with Crippen LogP contribution in [0.25, 0.3) is 0 Å². The summed E-state index contributed by atoms with van der Waals surface area (Å²) in [5, 5.41) is 10.5. The van der Waals surface area contributed by atoms with Crippen molar-refractivity contribution in [3.05, 3.63) is 17.5 Å². The summed E-state index contributed by atoms with van der Waals surface area (Å²) >= 11 is 1.83. The number of hydrogen-bond acceptors (Lipinski definition) is 4. The minimum Gasteiger partial charge on any atom is -0.380 e. The van der Waals surface area contributed by atoms with Gasteiger partial charge >= 0.3 is 0 Å². The summed E-state index contributed by atoms with van der Waals surface area (Å²) in [4.78, 5) is 6.83.